The van der Waals surface area contributed by atoms with Gasteiger partial charge in [-0.25, -0.2) is 4.79 Å². The second-order valence-electron chi connectivity index (χ2n) is 5.73. The number of hydrogen-bond donors (Lipinski definition) is 2. The Morgan fingerprint density at radius 1 is 1.00 bits per heavy atom. The van der Waals surface area contributed by atoms with Crippen LogP contribution in [0, 0.1) is 13.8 Å². The van der Waals surface area contributed by atoms with Gasteiger partial charge in [0.05, 0.1) is 23.4 Å². The van der Waals surface area contributed by atoms with E-state index in [-0.39, 0.29) is 22.7 Å². The van der Waals surface area contributed by atoms with Crippen LogP contribution in [-0.2, 0) is 14.3 Å². The Kier molecular flexibility index (Phi) is 6.36. The molecule has 0 aliphatic heterocycles. The van der Waals surface area contributed by atoms with Gasteiger partial charge < -0.3 is 15.4 Å². The van der Waals surface area contributed by atoms with E-state index in [1.54, 1.807) is 0 Å². The Balaban J connectivity index is 2.04. The molecule has 0 radical (unpaired) electrons. The number of rotatable bonds is 5. The molecule has 0 bridgehead atoms. The minimum Gasteiger partial charge on any atom is -0.465 e. The number of esters is 1. The molecule has 0 aromatic heterocycles. The summed E-state index contributed by atoms with van der Waals surface area (Å²) in [7, 11) is 1.26. The summed E-state index contributed by atoms with van der Waals surface area (Å²) in [5.41, 5.74) is 2.99. The lowest BCUT2D eigenvalue weighted by atomic mass is 10.1. The average Bonchev–Trinajstić information content (AvgIpc) is 2.59. The SMILES string of the molecule is COC(=O)c1ccc(Cl)c(NC(=O)CC(=O)Nc2c(C)cccc2C)c1. The van der Waals surface area contributed by atoms with Crippen molar-refractivity contribution in [2.75, 3.05) is 17.7 Å². The first kappa shape index (κ1) is 19.5. The molecule has 2 rings (SSSR count). The molecule has 2 aromatic rings. The molecule has 0 fully saturated rings. The van der Waals surface area contributed by atoms with Crippen LogP contribution in [-0.4, -0.2) is 24.9 Å². The Bertz CT molecular complexity index is 844. The van der Waals surface area contributed by atoms with E-state index >= 15 is 0 Å². The van der Waals surface area contributed by atoms with Crippen molar-refractivity contribution in [3.63, 3.8) is 0 Å². The van der Waals surface area contributed by atoms with Gasteiger partial charge in [-0.15, -0.1) is 0 Å². The third-order valence-corrected chi connectivity index (χ3v) is 4.06. The molecule has 2 amide bonds. The first-order valence-corrected chi connectivity index (χ1v) is 8.23. The monoisotopic (exact) mass is 374 g/mol. The second-order valence-corrected chi connectivity index (χ2v) is 6.13. The van der Waals surface area contributed by atoms with E-state index in [0.29, 0.717) is 5.69 Å². The second kappa shape index (κ2) is 8.49. The van der Waals surface area contributed by atoms with Gasteiger partial charge in [0.15, 0.2) is 0 Å². The third kappa shape index (κ3) is 4.83. The molecule has 26 heavy (non-hydrogen) atoms. The minimum atomic E-state index is -0.551. The number of anilines is 2. The maximum absolute atomic E-state index is 12.1. The van der Waals surface area contributed by atoms with Crippen LogP contribution in [0.1, 0.15) is 27.9 Å². The predicted molar refractivity (Wildman–Crippen MR) is 101 cm³/mol. The number of amides is 2. The molecule has 0 aliphatic rings. The normalized spacial score (nSPS) is 10.2. The van der Waals surface area contributed by atoms with Gasteiger partial charge in [-0.1, -0.05) is 29.8 Å². The lowest BCUT2D eigenvalue weighted by Crippen LogP contribution is -2.22. The van der Waals surface area contributed by atoms with Crippen LogP contribution in [0.15, 0.2) is 36.4 Å². The molecule has 0 saturated heterocycles. The van der Waals surface area contributed by atoms with Crippen molar-refractivity contribution >= 4 is 40.8 Å². The molecule has 0 spiro atoms. The fourth-order valence-electron chi connectivity index (χ4n) is 2.40. The van der Waals surface area contributed by atoms with Crippen LogP contribution < -0.4 is 10.6 Å². The smallest absolute Gasteiger partial charge is 0.337 e. The Labute approximate surface area is 156 Å². The van der Waals surface area contributed by atoms with Crippen LogP contribution in [0.3, 0.4) is 0 Å². The average molecular weight is 375 g/mol. The van der Waals surface area contributed by atoms with Gasteiger partial charge in [-0.3, -0.25) is 9.59 Å². The summed E-state index contributed by atoms with van der Waals surface area (Å²) in [6.45, 7) is 3.75. The van der Waals surface area contributed by atoms with E-state index in [4.69, 9.17) is 11.6 Å². The van der Waals surface area contributed by atoms with Crippen molar-refractivity contribution < 1.29 is 19.1 Å². The highest BCUT2D eigenvalue weighted by atomic mass is 35.5. The highest BCUT2D eigenvalue weighted by molar-refractivity contribution is 6.34. The zero-order valence-corrected chi connectivity index (χ0v) is 15.4. The quantitative estimate of drug-likeness (QED) is 0.617. The fraction of sp³-hybridized carbons (Fsp3) is 0.211. The maximum atomic E-state index is 12.1. The maximum Gasteiger partial charge on any atom is 0.337 e. The number of carbonyl (C=O) groups excluding carboxylic acids is 3. The van der Waals surface area contributed by atoms with E-state index in [0.717, 1.165) is 11.1 Å². The number of halogens is 1. The molecular formula is C19H19ClN2O4. The van der Waals surface area contributed by atoms with E-state index in [1.807, 2.05) is 32.0 Å². The summed E-state index contributed by atoms with van der Waals surface area (Å²) in [4.78, 5) is 35.8. The van der Waals surface area contributed by atoms with Crippen LogP contribution in [0.4, 0.5) is 11.4 Å². The molecule has 6 nitrogen and oxygen atoms in total. The van der Waals surface area contributed by atoms with Crippen LogP contribution in [0.25, 0.3) is 0 Å². The van der Waals surface area contributed by atoms with E-state index < -0.39 is 17.8 Å². The van der Waals surface area contributed by atoms with Crippen LogP contribution >= 0.6 is 11.6 Å². The van der Waals surface area contributed by atoms with Crippen molar-refractivity contribution in [1.82, 2.24) is 0 Å². The number of methoxy groups -OCH3 is 1. The summed E-state index contributed by atoms with van der Waals surface area (Å²) in [6.07, 6.45) is -0.382. The Morgan fingerprint density at radius 2 is 1.62 bits per heavy atom. The van der Waals surface area contributed by atoms with Crippen molar-refractivity contribution in [2.45, 2.75) is 20.3 Å². The minimum absolute atomic E-state index is 0.236. The van der Waals surface area contributed by atoms with E-state index in [2.05, 4.69) is 15.4 Å². The number of benzene rings is 2. The molecule has 0 aliphatic carbocycles. The lowest BCUT2D eigenvalue weighted by molar-refractivity contribution is -0.123. The number of hydrogen-bond acceptors (Lipinski definition) is 4. The molecule has 0 atom stereocenters. The summed E-state index contributed by atoms with van der Waals surface area (Å²) in [6, 6.07) is 10.00. The number of ether oxygens (including phenoxy) is 1. The van der Waals surface area contributed by atoms with Crippen LogP contribution in [0.2, 0.25) is 5.02 Å². The summed E-state index contributed by atoms with van der Waals surface area (Å²) >= 11 is 6.03. The highest BCUT2D eigenvalue weighted by Crippen LogP contribution is 2.24. The van der Waals surface area contributed by atoms with E-state index in [9.17, 15) is 14.4 Å². The first-order chi connectivity index (χ1) is 12.3. The highest BCUT2D eigenvalue weighted by Gasteiger charge is 2.15. The molecule has 136 valence electrons. The summed E-state index contributed by atoms with van der Waals surface area (Å²) in [5, 5.41) is 5.53. The van der Waals surface area contributed by atoms with Gasteiger partial charge in [0, 0.05) is 5.69 Å². The topological polar surface area (TPSA) is 84.5 Å². The lowest BCUT2D eigenvalue weighted by Gasteiger charge is -2.12. The van der Waals surface area contributed by atoms with Crippen molar-refractivity contribution in [3.8, 4) is 0 Å². The van der Waals surface area contributed by atoms with Gasteiger partial charge >= 0.3 is 5.97 Å². The van der Waals surface area contributed by atoms with Gasteiger partial charge in [-0.2, -0.15) is 0 Å². The molecule has 0 saturated carbocycles. The van der Waals surface area contributed by atoms with Crippen molar-refractivity contribution in [3.05, 3.63) is 58.1 Å². The molecule has 0 heterocycles. The Morgan fingerprint density at radius 3 is 2.23 bits per heavy atom. The number of nitrogens with one attached hydrogen (secondary N) is 2. The molecule has 7 heteroatoms. The fourth-order valence-corrected chi connectivity index (χ4v) is 2.57. The Hall–Kier alpha value is -2.86. The molecule has 2 N–H and O–H groups in total. The van der Waals surface area contributed by atoms with Crippen molar-refractivity contribution in [1.29, 1.82) is 0 Å². The van der Waals surface area contributed by atoms with Gasteiger partial charge in [0.25, 0.3) is 0 Å². The number of para-hydroxylation sites is 1. The van der Waals surface area contributed by atoms with E-state index in [1.165, 1.54) is 25.3 Å². The standard InChI is InChI=1S/C19H19ClN2O4/c1-11-5-4-6-12(2)18(11)22-17(24)10-16(23)21-15-9-13(19(25)26-3)7-8-14(15)20/h4-9H,10H2,1-3H3,(H,21,23)(H,22,24). The predicted octanol–water partition coefficient (Wildman–Crippen LogP) is 3.71. The summed E-state index contributed by atoms with van der Waals surface area (Å²) in [5.74, 6) is -1.54. The first-order valence-electron chi connectivity index (χ1n) is 7.85. The van der Waals surface area contributed by atoms with Gasteiger partial charge in [0.2, 0.25) is 11.8 Å². The molecule has 0 unspecified atom stereocenters. The molecular weight excluding hydrogens is 356 g/mol. The zero-order chi connectivity index (χ0) is 19.3. The molecule has 2 aromatic carbocycles. The zero-order valence-electron chi connectivity index (χ0n) is 14.7. The third-order valence-electron chi connectivity index (χ3n) is 3.73. The van der Waals surface area contributed by atoms with Crippen LogP contribution in [0.5, 0.6) is 0 Å². The van der Waals surface area contributed by atoms with Crippen molar-refractivity contribution in [2.24, 2.45) is 0 Å². The largest absolute Gasteiger partial charge is 0.465 e. The van der Waals surface area contributed by atoms with Gasteiger partial charge in [-0.05, 0) is 43.2 Å². The number of carbonyl (C=O) groups is 3. The van der Waals surface area contributed by atoms with Gasteiger partial charge in [0.1, 0.15) is 6.42 Å². The number of aryl methyl sites for hydroxylation is 2. The summed E-state index contributed by atoms with van der Waals surface area (Å²) < 4.78 is 4.63.